The van der Waals surface area contributed by atoms with E-state index in [0.717, 1.165) is 5.56 Å². The molecule has 0 spiro atoms. The lowest BCUT2D eigenvalue weighted by atomic mass is 10.2. The van der Waals surface area contributed by atoms with Crippen molar-refractivity contribution in [3.05, 3.63) is 48.0 Å². The molecule has 2 aromatic rings. The highest BCUT2D eigenvalue weighted by molar-refractivity contribution is 7.89. The summed E-state index contributed by atoms with van der Waals surface area (Å²) in [5.74, 6) is 0.844. The van der Waals surface area contributed by atoms with Crippen molar-refractivity contribution >= 4 is 15.9 Å². The summed E-state index contributed by atoms with van der Waals surface area (Å²) in [6.07, 6.45) is 0. The molecule has 1 amide bonds. The molecule has 27 heavy (non-hydrogen) atoms. The molecule has 2 rings (SSSR count). The summed E-state index contributed by atoms with van der Waals surface area (Å²) in [5, 5.41) is 2.65. The number of carbonyl (C=O) groups is 1. The van der Waals surface area contributed by atoms with E-state index in [1.54, 1.807) is 19.2 Å². The Hall–Kier alpha value is -2.78. The molecule has 0 aliphatic carbocycles. The second kappa shape index (κ2) is 9.24. The minimum atomic E-state index is -3.92. The van der Waals surface area contributed by atoms with Crippen LogP contribution in [0.15, 0.2) is 47.4 Å². The smallest absolute Gasteiger partial charge is 0.244 e. The molecular formula is C18H22N2O6S. The van der Waals surface area contributed by atoms with E-state index >= 15 is 0 Å². The van der Waals surface area contributed by atoms with Gasteiger partial charge < -0.3 is 19.5 Å². The molecule has 0 unspecified atom stereocenters. The van der Waals surface area contributed by atoms with Gasteiger partial charge in [-0.15, -0.1) is 0 Å². The van der Waals surface area contributed by atoms with Crippen molar-refractivity contribution in [1.29, 1.82) is 0 Å². The number of carbonyl (C=O) groups excluding carboxylic acids is 1. The number of nitrogens with one attached hydrogen (secondary N) is 2. The lowest BCUT2D eigenvalue weighted by Crippen LogP contribution is -2.36. The molecule has 0 radical (unpaired) electrons. The zero-order valence-corrected chi connectivity index (χ0v) is 16.1. The third-order valence-corrected chi connectivity index (χ3v) is 5.17. The van der Waals surface area contributed by atoms with Crippen LogP contribution in [0.3, 0.4) is 0 Å². The lowest BCUT2D eigenvalue weighted by Gasteiger charge is -2.12. The van der Waals surface area contributed by atoms with E-state index < -0.39 is 22.5 Å². The van der Waals surface area contributed by atoms with Gasteiger partial charge in [0.1, 0.15) is 22.1 Å². The van der Waals surface area contributed by atoms with E-state index in [1.165, 1.54) is 32.4 Å². The van der Waals surface area contributed by atoms with Crippen molar-refractivity contribution in [2.75, 3.05) is 27.9 Å². The van der Waals surface area contributed by atoms with Gasteiger partial charge >= 0.3 is 0 Å². The first-order valence-corrected chi connectivity index (χ1v) is 9.49. The zero-order chi connectivity index (χ0) is 19.9. The Balaban J connectivity index is 1.95. The summed E-state index contributed by atoms with van der Waals surface area (Å²) < 4.78 is 42.3. The number of benzene rings is 2. The van der Waals surface area contributed by atoms with Crippen LogP contribution in [0, 0.1) is 0 Å². The fourth-order valence-electron chi connectivity index (χ4n) is 2.24. The first-order valence-electron chi connectivity index (χ1n) is 8.01. The average Bonchev–Trinajstić information content (AvgIpc) is 2.70. The van der Waals surface area contributed by atoms with E-state index in [0.29, 0.717) is 11.5 Å². The van der Waals surface area contributed by atoms with Gasteiger partial charge in [0, 0.05) is 12.6 Å². The molecule has 0 aromatic heterocycles. The van der Waals surface area contributed by atoms with E-state index in [1.807, 2.05) is 12.1 Å². The van der Waals surface area contributed by atoms with Gasteiger partial charge in [0.05, 0.1) is 27.9 Å². The predicted molar refractivity (Wildman–Crippen MR) is 99.6 cm³/mol. The molecule has 0 saturated heterocycles. The van der Waals surface area contributed by atoms with Crippen LogP contribution in [0.1, 0.15) is 5.56 Å². The molecule has 146 valence electrons. The van der Waals surface area contributed by atoms with Gasteiger partial charge in [-0.3, -0.25) is 4.79 Å². The van der Waals surface area contributed by atoms with Crippen LogP contribution in [0.2, 0.25) is 0 Å². The van der Waals surface area contributed by atoms with Crippen LogP contribution < -0.4 is 24.2 Å². The molecule has 0 fully saturated rings. The zero-order valence-electron chi connectivity index (χ0n) is 15.3. The highest BCUT2D eigenvalue weighted by Crippen LogP contribution is 2.28. The van der Waals surface area contributed by atoms with E-state index in [4.69, 9.17) is 14.2 Å². The Labute approximate surface area is 158 Å². The number of sulfonamides is 1. The SMILES string of the molecule is COc1ccc(CNC(=O)CNS(=O)(=O)c2ccc(OC)cc2OC)cc1. The van der Waals surface area contributed by atoms with Crippen molar-refractivity contribution in [1.82, 2.24) is 10.0 Å². The molecule has 0 aliphatic rings. The maximum atomic E-state index is 12.4. The molecule has 2 aromatic carbocycles. The first kappa shape index (κ1) is 20.5. The summed E-state index contributed by atoms with van der Waals surface area (Å²) in [7, 11) is 0.470. The highest BCUT2D eigenvalue weighted by atomic mass is 32.2. The maximum Gasteiger partial charge on any atom is 0.244 e. The third-order valence-electron chi connectivity index (χ3n) is 3.73. The summed E-state index contributed by atoms with van der Waals surface area (Å²) in [6, 6.07) is 11.5. The van der Waals surface area contributed by atoms with Crippen LogP contribution in [0.25, 0.3) is 0 Å². The summed E-state index contributed by atoms with van der Waals surface area (Å²) >= 11 is 0. The van der Waals surface area contributed by atoms with Crippen molar-refractivity contribution in [2.24, 2.45) is 0 Å². The number of methoxy groups -OCH3 is 3. The fourth-order valence-corrected chi connectivity index (χ4v) is 3.37. The van der Waals surface area contributed by atoms with E-state index in [9.17, 15) is 13.2 Å². The second-order valence-electron chi connectivity index (χ2n) is 5.47. The molecule has 2 N–H and O–H groups in total. The van der Waals surface area contributed by atoms with Crippen LogP contribution in [0.5, 0.6) is 17.2 Å². The van der Waals surface area contributed by atoms with Gasteiger partial charge in [-0.25, -0.2) is 13.1 Å². The van der Waals surface area contributed by atoms with Crippen molar-refractivity contribution in [3.8, 4) is 17.2 Å². The summed E-state index contributed by atoms with van der Waals surface area (Å²) in [5.41, 5.74) is 0.865. The molecule has 0 aliphatic heterocycles. The minimum absolute atomic E-state index is 0.0752. The highest BCUT2D eigenvalue weighted by Gasteiger charge is 2.21. The van der Waals surface area contributed by atoms with Crippen molar-refractivity contribution < 1.29 is 27.4 Å². The topological polar surface area (TPSA) is 103 Å². The Morgan fingerprint density at radius 3 is 2.15 bits per heavy atom. The van der Waals surface area contributed by atoms with E-state index in [-0.39, 0.29) is 17.2 Å². The number of amides is 1. The Kier molecular flexibility index (Phi) is 7.03. The minimum Gasteiger partial charge on any atom is -0.497 e. The predicted octanol–water partition coefficient (Wildman–Crippen LogP) is 1.31. The van der Waals surface area contributed by atoms with Crippen LogP contribution >= 0.6 is 0 Å². The van der Waals surface area contributed by atoms with Crippen LogP contribution in [-0.4, -0.2) is 42.2 Å². The molecule has 0 saturated carbocycles. The van der Waals surface area contributed by atoms with Crippen LogP contribution in [-0.2, 0) is 21.4 Å². The van der Waals surface area contributed by atoms with Gasteiger partial charge in [-0.1, -0.05) is 12.1 Å². The first-order chi connectivity index (χ1) is 12.9. The largest absolute Gasteiger partial charge is 0.497 e. The molecule has 8 nitrogen and oxygen atoms in total. The monoisotopic (exact) mass is 394 g/mol. The fraction of sp³-hybridized carbons (Fsp3) is 0.278. The number of hydrogen-bond acceptors (Lipinski definition) is 6. The second-order valence-corrected chi connectivity index (χ2v) is 7.20. The van der Waals surface area contributed by atoms with Gasteiger partial charge in [-0.05, 0) is 29.8 Å². The summed E-state index contributed by atoms with van der Waals surface area (Å²) in [4.78, 5) is 11.9. The van der Waals surface area contributed by atoms with Gasteiger partial charge in [0.2, 0.25) is 15.9 Å². The molecule has 0 bridgehead atoms. The lowest BCUT2D eigenvalue weighted by molar-refractivity contribution is -0.120. The Bertz CT molecular complexity index is 881. The standard InChI is InChI=1S/C18H22N2O6S/c1-24-14-6-4-13(5-7-14)11-19-18(21)12-20-27(22,23)17-9-8-15(25-2)10-16(17)26-3/h4-10,20H,11-12H2,1-3H3,(H,19,21). The molecule has 0 atom stereocenters. The van der Waals surface area contributed by atoms with Gasteiger partial charge in [-0.2, -0.15) is 0 Å². The Morgan fingerprint density at radius 2 is 1.56 bits per heavy atom. The number of rotatable bonds is 9. The third kappa shape index (κ3) is 5.60. The quantitative estimate of drug-likeness (QED) is 0.665. The van der Waals surface area contributed by atoms with Gasteiger partial charge in [0.15, 0.2) is 0 Å². The normalized spacial score (nSPS) is 10.9. The van der Waals surface area contributed by atoms with Crippen LogP contribution in [0.4, 0.5) is 0 Å². The van der Waals surface area contributed by atoms with Crippen molar-refractivity contribution in [2.45, 2.75) is 11.4 Å². The molecule has 0 heterocycles. The molecular weight excluding hydrogens is 372 g/mol. The Morgan fingerprint density at radius 1 is 0.926 bits per heavy atom. The molecule has 9 heteroatoms. The van der Waals surface area contributed by atoms with E-state index in [2.05, 4.69) is 10.0 Å². The number of ether oxygens (including phenoxy) is 3. The van der Waals surface area contributed by atoms with Gasteiger partial charge in [0.25, 0.3) is 0 Å². The summed E-state index contributed by atoms with van der Waals surface area (Å²) in [6.45, 7) is -0.121. The maximum absolute atomic E-state index is 12.4. The van der Waals surface area contributed by atoms with Crippen molar-refractivity contribution in [3.63, 3.8) is 0 Å². The number of hydrogen-bond donors (Lipinski definition) is 2. The average molecular weight is 394 g/mol.